The molecule has 1 aromatic heterocycles. The van der Waals surface area contributed by atoms with E-state index in [1.165, 1.54) is 0 Å². The van der Waals surface area contributed by atoms with Crippen LogP contribution in [0.1, 0.15) is 12.5 Å². The molecule has 0 atom stereocenters. The van der Waals surface area contributed by atoms with E-state index in [2.05, 4.69) is 0 Å². The summed E-state index contributed by atoms with van der Waals surface area (Å²) in [5.74, 6) is 0. The van der Waals surface area contributed by atoms with Gasteiger partial charge in [0.25, 0.3) is 0 Å². The molecular formula is C14H16N2O4S2. The van der Waals surface area contributed by atoms with Gasteiger partial charge in [-0.3, -0.25) is 10.1 Å². The van der Waals surface area contributed by atoms with Crippen molar-refractivity contribution >= 4 is 31.9 Å². The zero-order valence-electron chi connectivity index (χ0n) is 12.2. The number of hydrogen-bond acceptors (Lipinski definition) is 6. The fourth-order valence-electron chi connectivity index (χ4n) is 2.02. The Balaban J connectivity index is 2.44. The van der Waals surface area contributed by atoms with E-state index in [0.29, 0.717) is 18.1 Å². The molecule has 1 aromatic carbocycles. The highest BCUT2D eigenvalue weighted by Crippen LogP contribution is 2.40. The van der Waals surface area contributed by atoms with Crippen molar-refractivity contribution in [1.29, 1.82) is 0 Å². The van der Waals surface area contributed by atoms with E-state index in [0.717, 1.165) is 29.2 Å². The van der Waals surface area contributed by atoms with Gasteiger partial charge in [-0.25, -0.2) is 8.42 Å². The third-order valence-corrected chi connectivity index (χ3v) is 6.11. The maximum absolute atomic E-state index is 11.7. The van der Waals surface area contributed by atoms with Crippen molar-refractivity contribution in [3.63, 3.8) is 0 Å². The summed E-state index contributed by atoms with van der Waals surface area (Å²) in [5.41, 5.74) is 0.844. The van der Waals surface area contributed by atoms with Crippen LogP contribution in [0.3, 0.4) is 0 Å². The normalized spacial score (nSPS) is 11.4. The topological polar surface area (TPSA) is 80.5 Å². The minimum atomic E-state index is -3.47. The van der Waals surface area contributed by atoms with E-state index in [4.69, 9.17) is 0 Å². The second kappa shape index (κ2) is 6.45. The van der Waals surface area contributed by atoms with Crippen LogP contribution >= 0.6 is 11.3 Å². The predicted octanol–water partition coefficient (Wildman–Crippen LogP) is 3.09. The monoisotopic (exact) mass is 340 g/mol. The Labute approximate surface area is 133 Å². The van der Waals surface area contributed by atoms with Gasteiger partial charge in [0.05, 0.1) is 4.92 Å². The second-order valence-electron chi connectivity index (χ2n) is 4.78. The molecule has 0 saturated heterocycles. The lowest BCUT2D eigenvalue weighted by Gasteiger charge is -2.20. The van der Waals surface area contributed by atoms with E-state index >= 15 is 0 Å². The summed E-state index contributed by atoms with van der Waals surface area (Å²) in [4.78, 5) is 12.5. The van der Waals surface area contributed by atoms with Crippen molar-refractivity contribution in [3.05, 3.63) is 52.1 Å². The summed E-state index contributed by atoms with van der Waals surface area (Å²) in [7, 11) is -3.47. The van der Waals surface area contributed by atoms with Gasteiger partial charge in [0.15, 0.2) is 14.8 Å². The molecule has 1 heterocycles. The van der Waals surface area contributed by atoms with Crippen LogP contribution in [-0.4, -0.2) is 26.1 Å². The van der Waals surface area contributed by atoms with Gasteiger partial charge in [0, 0.05) is 25.4 Å². The first-order chi connectivity index (χ1) is 10.3. The summed E-state index contributed by atoms with van der Waals surface area (Å²) < 4.78 is 23.3. The number of nitrogens with zero attached hydrogens (tertiary/aromatic N) is 2. The zero-order valence-corrected chi connectivity index (χ0v) is 13.9. The number of benzene rings is 1. The molecule has 8 heteroatoms. The van der Waals surface area contributed by atoms with Crippen LogP contribution in [0.5, 0.6) is 0 Å². The van der Waals surface area contributed by atoms with E-state index < -0.39 is 14.8 Å². The van der Waals surface area contributed by atoms with Gasteiger partial charge >= 0.3 is 5.69 Å². The van der Waals surface area contributed by atoms with E-state index in [1.807, 2.05) is 42.2 Å². The molecule has 0 amide bonds. The fourth-order valence-corrected chi connectivity index (χ4v) is 4.11. The Hall–Kier alpha value is -1.93. The number of thiophene rings is 1. The predicted molar refractivity (Wildman–Crippen MR) is 87.2 cm³/mol. The third-order valence-electron chi connectivity index (χ3n) is 3.12. The summed E-state index contributed by atoms with van der Waals surface area (Å²) >= 11 is 0.943. The third kappa shape index (κ3) is 3.63. The SMILES string of the molecule is CCN(Cc1ccccc1)c1sc(S(C)(=O)=O)cc1[N+](=O)[O-]. The Morgan fingerprint density at radius 3 is 2.41 bits per heavy atom. The zero-order chi connectivity index (χ0) is 16.3. The van der Waals surface area contributed by atoms with Crippen LogP contribution in [0, 0.1) is 10.1 Å². The van der Waals surface area contributed by atoms with Crippen LogP contribution in [-0.2, 0) is 16.4 Å². The summed E-state index contributed by atoms with van der Waals surface area (Å²) in [6, 6.07) is 10.7. The van der Waals surface area contributed by atoms with Gasteiger partial charge in [-0.15, -0.1) is 0 Å². The average Bonchev–Trinajstić information content (AvgIpc) is 2.91. The first kappa shape index (κ1) is 16.4. The molecule has 0 bridgehead atoms. The molecule has 118 valence electrons. The van der Waals surface area contributed by atoms with Gasteiger partial charge in [0.1, 0.15) is 4.21 Å². The van der Waals surface area contributed by atoms with Crippen LogP contribution in [0.4, 0.5) is 10.7 Å². The van der Waals surface area contributed by atoms with Crippen molar-refractivity contribution in [2.45, 2.75) is 17.7 Å². The minimum absolute atomic E-state index is 0.0145. The standard InChI is InChI=1S/C14H16N2O4S2/c1-3-15(10-11-7-5-4-6-8-11)14-12(16(17)18)9-13(21-14)22(2,19)20/h4-9H,3,10H2,1-2H3. The molecule has 0 saturated carbocycles. The lowest BCUT2D eigenvalue weighted by Crippen LogP contribution is -2.21. The van der Waals surface area contributed by atoms with Crippen molar-refractivity contribution < 1.29 is 13.3 Å². The quantitative estimate of drug-likeness (QED) is 0.596. The molecule has 0 radical (unpaired) electrons. The maximum atomic E-state index is 11.7. The molecule has 0 N–H and O–H groups in total. The molecule has 0 aliphatic rings. The second-order valence-corrected chi connectivity index (χ2v) is 8.06. The highest BCUT2D eigenvalue weighted by atomic mass is 32.2. The Morgan fingerprint density at radius 2 is 1.91 bits per heavy atom. The van der Waals surface area contributed by atoms with Crippen LogP contribution in [0.2, 0.25) is 0 Å². The highest BCUT2D eigenvalue weighted by molar-refractivity contribution is 7.92. The smallest absolute Gasteiger partial charge is 0.305 e. The maximum Gasteiger partial charge on any atom is 0.305 e. The van der Waals surface area contributed by atoms with Gasteiger partial charge in [0.2, 0.25) is 0 Å². The Bertz CT molecular complexity index is 769. The minimum Gasteiger partial charge on any atom is -0.354 e. The number of hydrogen-bond donors (Lipinski definition) is 0. The lowest BCUT2D eigenvalue weighted by atomic mass is 10.2. The van der Waals surface area contributed by atoms with E-state index in [9.17, 15) is 18.5 Å². The lowest BCUT2D eigenvalue weighted by molar-refractivity contribution is -0.383. The Morgan fingerprint density at radius 1 is 1.27 bits per heavy atom. The molecule has 0 fully saturated rings. The first-order valence-corrected chi connectivity index (χ1v) is 9.31. The van der Waals surface area contributed by atoms with Gasteiger partial charge in [-0.2, -0.15) is 0 Å². The molecule has 0 unspecified atom stereocenters. The van der Waals surface area contributed by atoms with Gasteiger partial charge in [-0.1, -0.05) is 41.7 Å². The van der Waals surface area contributed by atoms with Crippen LogP contribution in [0.25, 0.3) is 0 Å². The highest BCUT2D eigenvalue weighted by Gasteiger charge is 2.26. The van der Waals surface area contributed by atoms with E-state index in [1.54, 1.807) is 0 Å². The number of nitro groups is 1. The summed E-state index contributed by atoms with van der Waals surface area (Å²) in [5, 5.41) is 11.6. The van der Waals surface area contributed by atoms with Crippen molar-refractivity contribution in [2.75, 3.05) is 17.7 Å². The molecule has 2 aromatic rings. The molecule has 6 nitrogen and oxygen atoms in total. The molecule has 22 heavy (non-hydrogen) atoms. The van der Waals surface area contributed by atoms with Crippen molar-refractivity contribution in [2.24, 2.45) is 0 Å². The van der Waals surface area contributed by atoms with Crippen molar-refractivity contribution in [3.8, 4) is 0 Å². The molecule has 0 spiro atoms. The Kier molecular flexibility index (Phi) is 4.82. The van der Waals surface area contributed by atoms with E-state index in [-0.39, 0.29) is 9.90 Å². The van der Waals surface area contributed by atoms with Crippen molar-refractivity contribution in [1.82, 2.24) is 0 Å². The number of sulfone groups is 1. The van der Waals surface area contributed by atoms with Gasteiger partial charge in [-0.05, 0) is 12.5 Å². The largest absolute Gasteiger partial charge is 0.354 e. The molecule has 0 aliphatic carbocycles. The molecule has 0 aliphatic heterocycles. The summed E-state index contributed by atoms with van der Waals surface area (Å²) in [6.07, 6.45) is 1.06. The number of anilines is 1. The average molecular weight is 340 g/mol. The van der Waals surface area contributed by atoms with Crippen LogP contribution in [0.15, 0.2) is 40.6 Å². The molecular weight excluding hydrogens is 324 g/mol. The fraction of sp³-hybridized carbons (Fsp3) is 0.286. The van der Waals surface area contributed by atoms with Gasteiger partial charge < -0.3 is 4.90 Å². The van der Waals surface area contributed by atoms with Crippen LogP contribution < -0.4 is 4.90 Å². The molecule has 2 rings (SSSR count). The number of rotatable bonds is 6. The first-order valence-electron chi connectivity index (χ1n) is 6.60. The summed E-state index contributed by atoms with van der Waals surface area (Å²) in [6.45, 7) is 2.91.